The van der Waals surface area contributed by atoms with Gasteiger partial charge >= 0.3 is 0 Å². The molecule has 1 heterocycles. The number of carbonyl (C=O) groups is 1. The van der Waals surface area contributed by atoms with Crippen LogP contribution in [0.2, 0.25) is 5.02 Å². The van der Waals surface area contributed by atoms with E-state index >= 15 is 0 Å². The summed E-state index contributed by atoms with van der Waals surface area (Å²) in [5, 5.41) is 8.85. The smallest absolute Gasteiger partial charge is 0.258 e. The van der Waals surface area contributed by atoms with Crippen molar-refractivity contribution in [3.05, 3.63) is 47.0 Å². The number of halogens is 2. The van der Waals surface area contributed by atoms with E-state index in [4.69, 9.17) is 11.6 Å². The number of nitrogens with zero attached hydrogens (tertiary/aromatic N) is 1. The van der Waals surface area contributed by atoms with Crippen LogP contribution in [-0.2, 0) is 0 Å². The zero-order valence-corrected chi connectivity index (χ0v) is 8.75. The van der Waals surface area contributed by atoms with Crippen LogP contribution >= 0.6 is 11.6 Å². The van der Waals surface area contributed by atoms with Crippen molar-refractivity contribution in [3.63, 3.8) is 0 Å². The summed E-state index contributed by atoms with van der Waals surface area (Å²) >= 11 is 5.76. The van der Waals surface area contributed by atoms with Gasteiger partial charge < -0.3 is 5.32 Å². The van der Waals surface area contributed by atoms with E-state index in [0.717, 1.165) is 6.07 Å². The lowest BCUT2D eigenvalue weighted by Crippen LogP contribution is -2.11. The number of aromatic amines is 1. The third kappa shape index (κ3) is 2.20. The predicted octanol–water partition coefficient (Wildman–Crippen LogP) is 2.45. The largest absolute Gasteiger partial charge is 0.321 e. The first-order valence-corrected chi connectivity index (χ1v) is 4.80. The van der Waals surface area contributed by atoms with Gasteiger partial charge in [-0.25, -0.2) is 4.39 Å². The fourth-order valence-corrected chi connectivity index (χ4v) is 1.37. The Morgan fingerprint density at radius 2 is 2.31 bits per heavy atom. The third-order valence-corrected chi connectivity index (χ3v) is 2.25. The maximum Gasteiger partial charge on any atom is 0.258 e. The number of aromatic nitrogens is 2. The van der Waals surface area contributed by atoms with Gasteiger partial charge in [-0.15, -0.1) is 0 Å². The highest BCUT2D eigenvalue weighted by atomic mass is 35.5. The van der Waals surface area contributed by atoms with Crippen LogP contribution in [0.1, 0.15) is 10.4 Å². The zero-order valence-electron chi connectivity index (χ0n) is 8.00. The Hall–Kier alpha value is -1.88. The minimum Gasteiger partial charge on any atom is -0.321 e. The van der Waals surface area contributed by atoms with E-state index in [2.05, 4.69) is 15.5 Å². The summed E-state index contributed by atoms with van der Waals surface area (Å²) in [6.07, 6.45) is 2.83. The van der Waals surface area contributed by atoms with Crippen LogP contribution < -0.4 is 5.32 Å². The van der Waals surface area contributed by atoms with Crippen LogP contribution in [0.4, 0.5) is 10.1 Å². The van der Waals surface area contributed by atoms with Crippen molar-refractivity contribution in [2.45, 2.75) is 0 Å². The van der Waals surface area contributed by atoms with Crippen LogP contribution in [0.25, 0.3) is 0 Å². The number of hydrogen-bond acceptors (Lipinski definition) is 2. The summed E-state index contributed by atoms with van der Waals surface area (Å²) in [5.74, 6) is -0.812. The lowest BCUT2D eigenvalue weighted by molar-refractivity contribution is 0.102. The molecule has 0 saturated carbocycles. The van der Waals surface area contributed by atoms with Crippen molar-refractivity contribution < 1.29 is 9.18 Å². The van der Waals surface area contributed by atoms with E-state index in [0.29, 0.717) is 11.3 Å². The molecular formula is C10H7ClFN3O. The zero-order chi connectivity index (χ0) is 11.5. The maximum absolute atomic E-state index is 12.7. The summed E-state index contributed by atoms with van der Waals surface area (Å²) < 4.78 is 12.7. The van der Waals surface area contributed by atoms with Gasteiger partial charge in [0, 0.05) is 6.20 Å². The Morgan fingerprint density at radius 3 is 2.94 bits per heavy atom. The molecule has 2 rings (SSSR count). The van der Waals surface area contributed by atoms with Gasteiger partial charge in [-0.3, -0.25) is 9.89 Å². The molecule has 0 spiro atoms. The average Bonchev–Trinajstić information content (AvgIpc) is 2.75. The second-order valence-corrected chi connectivity index (χ2v) is 3.47. The fraction of sp³-hybridized carbons (Fsp3) is 0. The molecule has 0 aliphatic heterocycles. The molecule has 82 valence electrons. The first-order valence-electron chi connectivity index (χ1n) is 4.42. The summed E-state index contributed by atoms with van der Waals surface area (Å²) in [4.78, 5) is 11.6. The molecule has 0 atom stereocenters. The molecule has 1 aromatic heterocycles. The van der Waals surface area contributed by atoms with Gasteiger partial charge in [-0.2, -0.15) is 5.10 Å². The lowest BCUT2D eigenvalue weighted by atomic mass is 10.3. The Labute approximate surface area is 95.4 Å². The predicted molar refractivity (Wildman–Crippen MR) is 58.0 cm³/mol. The Morgan fingerprint density at radius 1 is 1.50 bits per heavy atom. The van der Waals surface area contributed by atoms with Crippen molar-refractivity contribution in [3.8, 4) is 0 Å². The molecule has 0 saturated heterocycles. The number of amides is 1. The normalized spacial score (nSPS) is 10.1. The second-order valence-electron chi connectivity index (χ2n) is 3.07. The van der Waals surface area contributed by atoms with Gasteiger partial charge in [0.25, 0.3) is 5.91 Å². The van der Waals surface area contributed by atoms with Crippen LogP contribution in [-0.4, -0.2) is 16.1 Å². The minimum atomic E-state index is -0.452. The van der Waals surface area contributed by atoms with Gasteiger partial charge in [-0.05, 0) is 18.2 Å². The molecule has 16 heavy (non-hydrogen) atoms. The standard InChI is InChI=1S/C10H7ClFN3O/c11-8-3-7(12)1-2-9(8)15-10(16)6-4-13-14-5-6/h1-5H,(H,13,14)(H,15,16). The molecule has 4 nitrogen and oxygen atoms in total. The van der Waals surface area contributed by atoms with Gasteiger partial charge in [0.1, 0.15) is 5.82 Å². The maximum atomic E-state index is 12.7. The van der Waals surface area contributed by atoms with Crippen molar-refractivity contribution in [1.82, 2.24) is 10.2 Å². The van der Waals surface area contributed by atoms with E-state index in [1.54, 1.807) is 0 Å². The topological polar surface area (TPSA) is 57.8 Å². The summed E-state index contributed by atoms with van der Waals surface area (Å²) in [6, 6.07) is 3.75. The number of rotatable bonds is 2. The van der Waals surface area contributed by atoms with E-state index in [1.807, 2.05) is 0 Å². The summed E-state index contributed by atoms with van der Waals surface area (Å²) in [7, 11) is 0. The molecule has 1 amide bonds. The van der Waals surface area contributed by atoms with Gasteiger partial charge in [0.05, 0.1) is 22.5 Å². The molecule has 0 fully saturated rings. The van der Waals surface area contributed by atoms with Gasteiger partial charge in [0.15, 0.2) is 0 Å². The molecule has 0 bridgehead atoms. The minimum absolute atomic E-state index is 0.150. The molecule has 0 unspecified atom stereocenters. The second kappa shape index (κ2) is 4.32. The molecular weight excluding hydrogens is 233 g/mol. The first kappa shape index (κ1) is 10.6. The monoisotopic (exact) mass is 239 g/mol. The number of hydrogen-bond donors (Lipinski definition) is 2. The lowest BCUT2D eigenvalue weighted by Gasteiger charge is -2.05. The first-order chi connectivity index (χ1) is 7.66. The Balaban J connectivity index is 2.18. The van der Waals surface area contributed by atoms with Crippen LogP contribution in [0.15, 0.2) is 30.6 Å². The van der Waals surface area contributed by atoms with Crippen molar-refractivity contribution >= 4 is 23.2 Å². The van der Waals surface area contributed by atoms with E-state index in [9.17, 15) is 9.18 Å². The number of H-pyrrole nitrogens is 1. The van der Waals surface area contributed by atoms with Crippen molar-refractivity contribution in [2.75, 3.05) is 5.32 Å². The Bertz CT molecular complexity index is 513. The number of benzene rings is 1. The van der Waals surface area contributed by atoms with E-state index < -0.39 is 5.82 Å². The number of carbonyl (C=O) groups excluding carboxylic acids is 1. The number of nitrogens with one attached hydrogen (secondary N) is 2. The molecule has 0 radical (unpaired) electrons. The molecule has 6 heteroatoms. The molecule has 1 aromatic carbocycles. The highest BCUT2D eigenvalue weighted by Crippen LogP contribution is 2.22. The molecule has 0 aliphatic rings. The average molecular weight is 240 g/mol. The molecule has 2 aromatic rings. The number of anilines is 1. The SMILES string of the molecule is O=C(Nc1ccc(F)cc1Cl)c1cn[nH]c1. The van der Waals surface area contributed by atoms with Crippen LogP contribution in [0.5, 0.6) is 0 Å². The highest BCUT2D eigenvalue weighted by molar-refractivity contribution is 6.33. The quantitative estimate of drug-likeness (QED) is 0.846. The third-order valence-electron chi connectivity index (χ3n) is 1.94. The summed E-state index contributed by atoms with van der Waals surface area (Å²) in [6.45, 7) is 0. The van der Waals surface area contributed by atoms with E-state index in [1.165, 1.54) is 24.5 Å². The van der Waals surface area contributed by atoms with Gasteiger partial charge in [0.2, 0.25) is 0 Å². The van der Waals surface area contributed by atoms with Crippen LogP contribution in [0.3, 0.4) is 0 Å². The molecule has 2 N–H and O–H groups in total. The highest BCUT2D eigenvalue weighted by Gasteiger charge is 2.09. The van der Waals surface area contributed by atoms with Gasteiger partial charge in [-0.1, -0.05) is 11.6 Å². The van der Waals surface area contributed by atoms with E-state index in [-0.39, 0.29) is 10.9 Å². The van der Waals surface area contributed by atoms with Crippen molar-refractivity contribution in [2.24, 2.45) is 0 Å². The Kier molecular flexibility index (Phi) is 2.87. The van der Waals surface area contributed by atoms with Crippen molar-refractivity contribution in [1.29, 1.82) is 0 Å². The molecule has 0 aliphatic carbocycles. The van der Waals surface area contributed by atoms with Crippen LogP contribution in [0, 0.1) is 5.82 Å². The fourth-order valence-electron chi connectivity index (χ4n) is 1.16. The summed E-state index contributed by atoms with van der Waals surface area (Å²) in [5.41, 5.74) is 0.731.